The second-order valence-electron chi connectivity index (χ2n) is 11.6. The van der Waals surface area contributed by atoms with Crippen molar-refractivity contribution in [1.29, 1.82) is 0 Å². The Morgan fingerprint density at radius 2 is 1.59 bits per heavy atom. The van der Waals surface area contributed by atoms with E-state index < -0.39 is 29.3 Å². The smallest absolute Gasteiger partial charge is 0.408 e. The van der Waals surface area contributed by atoms with Gasteiger partial charge in [0.25, 0.3) is 0 Å². The fraction of sp³-hybridized carbons (Fsp3) is 0.667. The van der Waals surface area contributed by atoms with Crippen LogP contribution in [0, 0.1) is 5.92 Å². The lowest BCUT2D eigenvalue weighted by atomic mass is 9.97. The van der Waals surface area contributed by atoms with Gasteiger partial charge in [0.1, 0.15) is 17.7 Å². The predicted octanol–water partition coefficient (Wildman–Crippen LogP) is 4.75. The number of rotatable bonds is 8. The molecule has 0 bridgehead atoms. The van der Waals surface area contributed by atoms with Crippen molar-refractivity contribution in [3.63, 3.8) is 0 Å². The number of aryl methyl sites for hydroxylation is 1. The summed E-state index contributed by atoms with van der Waals surface area (Å²) in [5.74, 6) is -0.677. The Kier molecular flexibility index (Phi) is 8.78. The van der Waals surface area contributed by atoms with Crippen LogP contribution in [0.2, 0.25) is 0 Å². The first-order chi connectivity index (χ1) is 15.6. The molecule has 1 aliphatic carbocycles. The molecule has 0 heterocycles. The molecule has 34 heavy (non-hydrogen) atoms. The van der Waals surface area contributed by atoms with Crippen molar-refractivity contribution in [2.24, 2.45) is 5.92 Å². The number of ether oxygens (including phenoxy) is 1. The molecular weight excluding hydrogens is 430 g/mol. The first-order valence-electron chi connectivity index (χ1n) is 12.4. The van der Waals surface area contributed by atoms with E-state index in [1.165, 1.54) is 0 Å². The highest BCUT2D eigenvalue weighted by Gasteiger charge is 2.45. The number of benzene rings is 1. The molecular formula is C27H43N3O4. The van der Waals surface area contributed by atoms with Gasteiger partial charge in [-0.1, -0.05) is 45.0 Å². The lowest BCUT2D eigenvalue weighted by Crippen LogP contribution is -2.56. The van der Waals surface area contributed by atoms with E-state index in [9.17, 15) is 14.4 Å². The zero-order valence-electron chi connectivity index (χ0n) is 22.3. The van der Waals surface area contributed by atoms with Gasteiger partial charge in [-0.15, -0.1) is 0 Å². The molecule has 0 radical (unpaired) electrons. The van der Waals surface area contributed by atoms with Gasteiger partial charge in [0.15, 0.2) is 0 Å². The van der Waals surface area contributed by atoms with Crippen LogP contribution in [0.1, 0.15) is 92.3 Å². The van der Waals surface area contributed by atoms with E-state index in [0.29, 0.717) is 0 Å². The van der Waals surface area contributed by atoms with Gasteiger partial charge in [-0.05, 0) is 77.8 Å². The lowest BCUT2D eigenvalue weighted by Gasteiger charge is -2.37. The van der Waals surface area contributed by atoms with Crippen molar-refractivity contribution in [1.82, 2.24) is 15.5 Å². The van der Waals surface area contributed by atoms with E-state index in [2.05, 4.69) is 17.6 Å². The van der Waals surface area contributed by atoms with E-state index in [4.69, 9.17) is 4.74 Å². The molecule has 0 spiro atoms. The zero-order chi connectivity index (χ0) is 25.8. The summed E-state index contributed by atoms with van der Waals surface area (Å²) in [7, 11) is 0. The number of hydrogen-bond acceptors (Lipinski definition) is 4. The molecule has 190 valence electrons. The lowest BCUT2D eigenvalue weighted by molar-refractivity contribution is -0.144. The first kappa shape index (κ1) is 27.7. The first-order valence-corrected chi connectivity index (χ1v) is 12.4. The summed E-state index contributed by atoms with van der Waals surface area (Å²) >= 11 is 0. The Labute approximate surface area is 205 Å². The highest BCUT2D eigenvalue weighted by molar-refractivity contribution is 5.93. The Hall–Kier alpha value is -2.57. The Morgan fingerprint density at radius 1 is 1.03 bits per heavy atom. The Morgan fingerprint density at radius 3 is 2.00 bits per heavy atom. The molecule has 1 aromatic carbocycles. The number of carbonyl (C=O) groups excluding carboxylic acids is 3. The van der Waals surface area contributed by atoms with Crippen LogP contribution in [0.3, 0.4) is 0 Å². The number of alkyl carbamates (subject to hydrolysis) is 1. The molecule has 0 aliphatic heterocycles. The van der Waals surface area contributed by atoms with Crippen LogP contribution < -0.4 is 10.6 Å². The quantitative estimate of drug-likeness (QED) is 0.571. The number of carbonyl (C=O) groups is 3. The summed E-state index contributed by atoms with van der Waals surface area (Å²) < 4.78 is 5.41. The van der Waals surface area contributed by atoms with Crippen LogP contribution in [0.5, 0.6) is 0 Å². The molecule has 1 aliphatic rings. The maximum absolute atomic E-state index is 14.0. The van der Waals surface area contributed by atoms with Gasteiger partial charge in [0.2, 0.25) is 11.8 Å². The normalized spacial score (nSPS) is 15.9. The number of nitrogens with zero attached hydrogens (tertiary/aromatic N) is 1. The second-order valence-corrected chi connectivity index (χ2v) is 11.6. The summed E-state index contributed by atoms with van der Waals surface area (Å²) in [6.07, 6.45) is 1.91. The van der Waals surface area contributed by atoms with Crippen LogP contribution in [0.25, 0.3) is 0 Å². The van der Waals surface area contributed by atoms with Crippen molar-refractivity contribution in [3.05, 3.63) is 35.4 Å². The van der Waals surface area contributed by atoms with Crippen molar-refractivity contribution >= 4 is 17.9 Å². The maximum atomic E-state index is 14.0. The van der Waals surface area contributed by atoms with Gasteiger partial charge in [-0.25, -0.2) is 4.79 Å². The van der Waals surface area contributed by atoms with E-state index >= 15 is 0 Å². The van der Waals surface area contributed by atoms with E-state index in [1.54, 1.807) is 25.7 Å². The molecule has 2 unspecified atom stereocenters. The monoisotopic (exact) mass is 473 g/mol. The molecule has 2 rings (SSSR count). The van der Waals surface area contributed by atoms with E-state index in [-0.39, 0.29) is 23.8 Å². The average molecular weight is 474 g/mol. The maximum Gasteiger partial charge on any atom is 0.408 e. The summed E-state index contributed by atoms with van der Waals surface area (Å²) in [4.78, 5) is 41.7. The SMILES string of the molecule is CCc1ccc(C(C(=O)NC(C)(C)C)N(C(=O)C(NC(=O)OC(C)(C)C)C(C)C)C2CC2)cc1. The van der Waals surface area contributed by atoms with Crippen molar-refractivity contribution < 1.29 is 19.1 Å². The molecule has 7 nitrogen and oxygen atoms in total. The third kappa shape index (κ3) is 8.03. The highest BCUT2D eigenvalue weighted by atomic mass is 16.6. The zero-order valence-corrected chi connectivity index (χ0v) is 22.3. The molecule has 1 saturated carbocycles. The van der Waals surface area contributed by atoms with Gasteiger partial charge in [-0.3, -0.25) is 9.59 Å². The molecule has 2 N–H and O–H groups in total. The summed E-state index contributed by atoms with van der Waals surface area (Å²) in [5.41, 5.74) is 0.790. The fourth-order valence-corrected chi connectivity index (χ4v) is 3.79. The number of nitrogens with one attached hydrogen (secondary N) is 2. The van der Waals surface area contributed by atoms with Gasteiger partial charge in [-0.2, -0.15) is 0 Å². The summed E-state index contributed by atoms with van der Waals surface area (Å²) in [6, 6.07) is 6.22. The molecule has 0 saturated heterocycles. The van der Waals surface area contributed by atoms with Crippen molar-refractivity contribution in [3.8, 4) is 0 Å². The molecule has 1 fully saturated rings. The van der Waals surface area contributed by atoms with Crippen LogP contribution in [-0.4, -0.2) is 46.0 Å². The Bertz CT molecular complexity index is 861. The summed E-state index contributed by atoms with van der Waals surface area (Å²) in [6.45, 7) is 16.9. The van der Waals surface area contributed by atoms with E-state index in [0.717, 1.165) is 30.4 Å². The molecule has 7 heteroatoms. The van der Waals surface area contributed by atoms with Gasteiger partial charge in [0.05, 0.1) is 0 Å². The standard InChI is InChI=1S/C27H43N3O4/c1-10-18-11-13-19(14-12-18)22(23(31)29-26(4,5)6)30(20-15-16-20)24(32)21(17(2)3)28-25(33)34-27(7,8)9/h11-14,17,20-22H,10,15-16H2,1-9H3,(H,28,33)(H,29,31). The van der Waals surface area contributed by atoms with Crippen LogP contribution in [0.15, 0.2) is 24.3 Å². The number of hydrogen-bond donors (Lipinski definition) is 2. The van der Waals surface area contributed by atoms with E-state index in [1.807, 2.05) is 58.9 Å². The molecule has 2 atom stereocenters. The molecule has 0 aromatic heterocycles. The third-order valence-corrected chi connectivity index (χ3v) is 5.53. The minimum Gasteiger partial charge on any atom is -0.444 e. The minimum absolute atomic E-state index is 0.0456. The molecule has 3 amide bonds. The van der Waals surface area contributed by atoms with Crippen LogP contribution >= 0.6 is 0 Å². The van der Waals surface area contributed by atoms with Crippen molar-refractivity contribution in [2.75, 3.05) is 0 Å². The van der Waals surface area contributed by atoms with Gasteiger partial charge in [0, 0.05) is 11.6 Å². The third-order valence-electron chi connectivity index (χ3n) is 5.53. The topological polar surface area (TPSA) is 87.7 Å². The second kappa shape index (κ2) is 10.8. The van der Waals surface area contributed by atoms with Crippen LogP contribution in [-0.2, 0) is 20.7 Å². The summed E-state index contributed by atoms with van der Waals surface area (Å²) in [5, 5.41) is 5.82. The largest absolute Gasteiger partial charge is 0.444 e. The number of amides is 3. The predicted molar refractivity (Wildman–Crippen MR) is 134 cm³/mol. The average Bonchev–Trinajstić information content (AvgIpc) is 3.51. The highest BCUT2D eigenvalue weighted by Crippen LogP contribution is 2.36. The van der Waals surface area contributed by atoms with Gasteiger partial charge < -0.3 is 20.3 Å². The Balaban J connectivity index is 2.45. The van der Waals surface area contributed by atoms with Crippen LogP contribution in [0.4, 0.5) is 4.79 Å². The van der Waals surface area contributed by atoms with Crippen molar-refractivity contribution in [2.45, 2.75) is 111 Å². The fourth-order valence-electron chi connectivity index (χ4n) is 3.79. The minimum atomic E-state index is -0.810. The van der Waals surface area contributed by atoms with Gasteiger partial charge >= 0.3 is 6.09 Å². The molecule has 1 aromatic rings.